The van der Waals surface area contributed by atoms with E-state index < -0.39 is 12.0 Å². The van der Waals surface area contributed by atoms with Crippen molar-refractivity contribution in [2.45, 2.75) is 25.9 Å². The molecule has 1 aromatic heterocycles. The summed E-state index contributed by atoms with van der Waals surface area (Å²) in [7, 11) is 0. The molecule has 1 aromatic carbocycles. The second kappa shape index (κ2) is 5.60. The Hall–Kier alpha value is -2.69. The second-order valence-electron chi connectivity index (χ2n) is 5.45. The van der Waals surface area contributed by atoms with Crippen LogP contribution in [0.4, 0.5) is 0 Å². The van der Waals surface area contributed by atoms with E-state index in [2.05, 4.69) is 4.98 Å². The molecule has 0 radical (unpaired) electrons. The third kappa shape index (κ3) is 2.57. The minimum atomic E-state index is -0.983. The number of aromatic nitrogens is 1. The maximum atomic E-state index is 12.7. The minimum Gasteiger partial charge on any atom is -0.480 e. The Morgan fingerprint density at radius 2 is 1.91 bits per heavy atom. The van der Waals surface area contributed by atoms with E-state index in [1.165, 1.54) is 11.1 Å². The summed E-state index contributed by atoms with van der Waals surface area (Å²) in [6, 6.07) is 10.2. The first-order valence-corrected chi connectivity index (χ1v) is 7.09. The van der Waals surface area contributed by atoms with E-state index in [0.717, 1.165) is 16.8 Å². The van der Waals surface area contributed by atoms with Gasteiger partial charge in [0.05, 0.1) is 5.56 Å². The average Bonchev–Trinajstić information content (AvgIpc) is 2.53. The smallest absolute Gasteiger partial charge is 0.326 e. The summed E-state index contributed by atoms with van der Waals surface area (Å²) < 4.78 is 0. The molecule has 2 aromatic rings. The summed E-state index contributed by atoms with van der Waals surface area (Å²) >= 11 is 0. The number of hydrogen-bond acceptors (Lipinski definition) is 3. The molecule has 0 bridgehead atoms. The van der Waals surface area contributed by atoms with Gasteiger partial charge in [-0.05, 0) is 30.2 Å². The summed E-state index contributed by atoms with van der Waals surface area (Å²) in [5.74, 6) is -1.28. The molecule has 5 heteroatoms. The van der Waals surface area contributed by atoms with Crippen molar-refractivity contribution in [3.63, 3.8) is 0 Å². The van der Waals surface area contributed by atoms with Gasteiger partial charge in [-0.25, -0.2) is 4.79 Å². The lowest BCUT2D eigenvalue weighted by Crippen LogP contribution is -2.48. The van der Waals surface area contributed by atoms with E-state index in [1.807, 2.05) is 31.2 Å². The molecule has 0 saturated carbocycles. The first-order chi connectivity index (χ1) is 10.6. The first-order valence-electron chi connectivity index (χ1n) is 7.09. The fraction of sp³-hybridized carbons (Fsp3) is 0.235. The summed E-state index contributed by atoms with van der Waals surface area (Å²) in [5, 5.41) is 9.46. The molecule has 0 saturated heterocycles. The van der Waals surface area contributed by atoms with Crippen molar-refractivity contribution in [3.05, 3.63) is 65.0 Å². The van der Waals surface area contributed by atoms with Crippen LogP contribution in [-0.2, 0) is 17.8 Å². The Bertz CT molecular complexity index is 725. The van der Waals surface area contributed by atoms with Crippen LogP contribution in [-0.4, -0.2) is 32.9 Å². The number of amides is 1. The van der Waals surface area contributed by atoms with Gasteiger partial charge < -0.3 is 10.0 Å². The molecule has 1 atom stereocenters. The van der Waals surface area contributed by atoms with Gasteiger partial charge in [0.15, 0.2) is 0 Å². The van der Waals surface area contributed by atoms with Crippen LogP contribution >= 0.6 is 0 Å². The molecule has 1 amide bonds. The number of aliphatic carboxylic acids is 1. The number of fused-ring (bicyclic) bond motifs is 1. The van der Waals surface area contributed by atoms with E-state index in [-0.39, 0.29) is 5.91 Å². The molecule has 2 heterocycles. The monoisotopic (exact) mass is 296 g/mol. The quantitative estimate of drug-likeness (QED) is 0.920. The fourth-order valence-corrected chi connectivity index (χ4v) is 2.72. The molecule has 1 aliphatic rings. The van der Waals surface area contributed by atoms with Gasteiger partial charge >= 0.3 is 5.97 Å². The third-order valence-electron chi connectivity index (χ3n) is 3.95. The number of aryl methyl sites for hydroxylation is 1. The Labute approximate surface area is 128 Å². The van der Waals surface area contributed by atoms with Crippen molar-refractivity contribution in [2.24, 2.45) is 0 Å². The van der Waals surface area contributed by atoms with Crippen LogP contribution in [0.25, 0.3) is 0 Å². The van der Waals surface area contributed by atoms with E-state index in [9.17, 15) is 14.7 Å². The molecule has 0 aliphatic carbocycles. The van der Waals surface area contributed by atoms with Crippen LogP contribution in [0.15, 0.2) is 42.6 Å². The van der Waals surface area contributed by atoms with Crippen molar-refractivity contribution in [2.75, 3.05) is 0 Å². The number of hydrogen-bond donors (Lipinski definition) is 1. The molecule has 1 aliphatic heterocycles. The highest BCUT2D eigenvalue weighted by atomic mass is 16.4. The number of carboxylic acids is 1. The van der Waals surface area contributed by atoms with Crippen LogP contribution in [0.5, 0.6) is 0 Å². The Morgan fingerprint density at radius 1 is 1.18 bits per heavy atom. The molecular weight excluding hydrogens is 280 g/mol. The Balaban J connectivity index is 1.95. The van der Waals surface area contributed by atoms with Crippen LogP contribution in [0.3, 0.4) is 0 Å². The molecule has 22 heavy (non-hydrogen) atoms. The summed E-state index contributed by atoms with van der Waals surface area (Å²) in [6.07, 6.45) is 1.83. The van der Waals surface area contributed by atoms with Crippen molar-refractivity contribution in [1.29, 1.82) is 0 Å². The zero-order valence-corrected chi connectivity index (χ0v) is 12.2. The normalized spacial score (nSPS) is 17.0. The third-order valence-corrected chi connectivity index (χ3v) is 3.95. The number of carboxylic acid groups (broad SMARTS) is 1. The average molecular weight is 296 g/mol. The molecule has 1 N–H and O–H groups in total. The molecule has 0 spiro atoms. The number of carbonyl (C=O) groups excluding carboxylic acids is 1. The lowest BCUT2D eigenvalue weighted by Gasteiger charge is -2.34. The maximum absolute atomic E-state index is 12.7. The van der Waals surface area contributed by atoms with Gasteiger partial charge in [0.2, 0.25) is 0 Å². The van der Waals surface area contributed by atoms with E-state index in [1.54, 1.807) is 12.1 Å². The van der Waals surface area contributed by atoms with E-state index in [0.29, 0.717) is 18.5 Å². The van der Waals surface area contributed by atoms with Gasteiger partial charge in [-0.2, -0.15) is 0 Å². The highest BCUT2D eigenvalue weighted by molar-refractivity contribution is 5.96. The predicted octanol–water partition coefficient (Wildman–Crippen LogP) is 2.04. The lowest BCUT2D eigenvalue weighted by molar-refractivity contribution is -0.142. The standard InChI is InChI=1S/C17H16N2O3/c1-11-6-7-13(9-18-11)16(20)19-10-14-5-3-2-4-12(14)8-15(19)17(21)22/h2-7,9,15H,8,10H2,1H3,(H,21,22)/t15-/m1/s1. The summed E-state index contributed by atoms with van der Waals surface area (Å²) in [5.41, 5.74) is 3.21. The zero-order valence-electron chi connectivity index (χ0n) is 12.2. The Morgan fingerprint density at radius 3 is 2.55 bits per heavy atom. The fourth-order valence-electron chi connectivity index (χ4n) is 2.72. The van der Waals surface area contributed by atoms with Gasteiger partial charge in [0, 0.05) is 24.9 Å². The second-order valence-corrected chi connectivity index (χ2v) is 5.45. The molecular formula is C17H16N2O3. The largest absolute Gasteiger partial charge is 0.480 e. The van der Waals surface area contributed by atoms with Crippen molar-refractivity contribution in [3.8, 4) is 0 Å². The van der Waals surface area contributed by atoms with Gasteiger partial charge in [-0.3, -0.25) is 9.78 Å². The molecule has 0 fully saturated rings. The van der Waals surface area contributed by atoms with Crippen LogP contribution < -0.4 is 0 Å². The number of rotatable bonds is 2. The predicted molar refractivity (Wildman–Crippen MR) is 80.4 cm³/mol. The van der Waals surface area contributed by atoms with Crippen molar-refractivity contribution >= 4 is 11.9 Å². The molecule has 5 nitrogen and oxygen atoms in total. The van der Waals surface area contributed by atoms with Gasteiger partial charge in [0.25, 0.3) is 5.91 Å². The number of nitrogens with zero attached hydrogens (tertiary/aromatic N) is 2. The number of benzene rings is 1. The van der Waals surface area contributed by atoms with Crippen LogP contribution in [0.2, 0.25) is 0 Å². The minimum absolute atomic E-state index is 0.297. The summed E-state index contributed by atoms with van der Waals surface area (Å²) in [4.78, 5) is 29.7. The lowest BCUT2D eigenvalue weighted by atomic mass is 9.93. The van der Waals surface area contributed by atoms with Crippen molar-refractivity contribution in [1.82, 2.24) is 9.88 Å². The Kier molecular flexibility index (Phi) is 3.63. The van der Waals surface area contributed by atoms with Crippen molar-refractivity contribution < 1.29 is 14.7 Å². The number of pyridine rings is 1. The van der Waals surface area contributed by atoms with E-state index in [4.69, 9.17) is 0 Å². The van der Waals surface area contributed by atoms with Crippen LogP contribution in [0.1, 0.15) is 27.2 Å². The first kappa shape index (κ1) is 14.3. The van der Waals surface area contributed by atoms with Crippen LogP contribution in [0, 0.1) is 6.92 Å². The van der Waals surface area contributed by atoms with E-state index >= 15 is 0 Å². The molecule has 3 rings (SSSR count). The SMILES string of the molecule is Cc1ccc(C(=O)N2Cc3ccccc3C[C@@H]2C(=O)O)cn1. The molecule has 112 valence electrons. The highest BCUT2D eigenvalue weighted by Gasteiger charge is 2.34. The topological polar surface area (TPSA) is 70.5 Å². The van der Waals surface area contributed by atoms with Gasteiger partial charge in [-0.15, -0.1) is 0 Å². The molecule has 0 unspecified atom stereocenters. The summed E-state index contributed by atoms with van der Waals surface area (Å²) in [6.45, 7) is 2.14. The number of carbonyl (C=O) groups is 2. The van der Waals surface area contributed by atoms with Gasteiger partial charge in [0.1, 0.15) is 6.04 Å². The zero-order chi connectivity index (χ0) is 15.7. The highest BCUT2D eigenvalue weighted by Crippen LogP contribution is 2.25. The van der Waals surface area contributed by atoms with Gasteiger partial charge in [-0.1, -0.05) is 24.3 Å². The maximum Gasteiger partial charge on any atom is 0.326 e.